The van der Waals surface area contributed by atoms with Gasteiger partial charge in [0.15, 0.2) is 11.6 Å². The van der Waals surface area contributed by atoms with Crippen LogP contribution >= 0.6 is 71.2 Å². The highest BCUT2D eigenvalue weighted by molar-refractivity contribution is 6.41. The maximum Gasteiger partial charge on any atom is 0.407 e. The Labute approximate surface area is 741 Å². The van der Waals surface area contributed by atoms with Gasteiger partial charge in [0, 0.05) is 86.0 Å². The van der Waals surface area contributed by atoms with Crippen molar-refractivity contribution in [2.75, 3.05) is 106 Å². The van der Waals surface area contributed by atoms with Gasteiger partial charge in [-0.1, -0.05) is 70.7 Å². The molecule has 0 bridgehead atoms. The van der Waals surface area contributed by atoms with E-state index in [4.69, 9.17) is 105 Å². The predicted octanol–water partition coefficient (Wildman–Crippen LogP) is 11.0. The number of methoxy groups -OCH3 is 2. The van der Waals surface area contributed by atoms with Gasteiger partial charge in [0.05, 0.1) is 90.6 Å². The predicted molar refractivity (Wildman–Crippen MR) is 458 cm³/mol. The van der Waals surface area contributed by atoms with E-state index in [0.717, 1.165) is 31.4 Å². The van der Waals surface area contributed by atoms with Gasteiger partial charge in [0.2, 0.25) is 0 Å². The normalized spacial score (nSPS) is 11.2. The highest BCUT2D eigenvalue weighted by atomic mass is 35.5. The second kappa shape index (κ2) is 53.6. The molecule has 0 saturated carbocycles. The SMILES string of the molecule is CC(C)(C)OC(=O)NCCOCCOc1cc(O)cc(C(=O)O)c1.COC(=O)[C@H](CNC(=O)c1cc(O)cc(OCCOCCN)c1)NC(=O)c1c(Cl)cc(C(=O)CCc2cccc(O)c2)cc1Cl.COC(=O)[C@H](CNC(=O)c1cc(O)cc(OCCOCCNC(=O)OC(C)(C)C)c1)NC(=O)c1c(Cl)cc(C(=O)CCc2cccc(O)c2)cc1Cl.Cl.Cl. The number of hydrogen-bond acceptors (Lipinski definition) is 27. The van der Waals surface area contributed by atoms with E-state index in [1.54, 1.807) is 77.9 Å². The lowest BCUT2D eigenvalue weighted by Gasteiger charge is -2.19. The molecule has 0 aliphatic heterocycles. The number of benzene rings is 7. The lowest BCUT2D eigenvalue weighted by Crippen LogP contribution is -2.49. The van der Waals surface area contributed by atoms with Crippen molar-refractivity contribution in [3.63, 3.8) is 0 Å². The van der Waals surface area contributed by atoms with Gasteiger partial charge in [0.1, 0.15) is 89.1 Å². The second-order valence-electron chi connectivity index (χ2n) is 27.8. The zero-order chi connectivity index (χ0) is 89.5. The number of halogens is 6. The fourth-order valence-electron chi connectivity index (χ4n) is 10.4. The number of nitrogens with two attached hydrogens (primary N) is 1. The summed E-state index contributed by atoms with van der Waals surface area (Å²) >= 11 is 25.4. The van der Waals surface area contributed by atoms with Crippen molar-refractivity contribution in [3.05, 3.63) is 198 Å². The molecule has 0 heterocycles. The van der Waals surface area contributed by atoms with Crippen molar-refractivity contribution in [2.45, 2.75) is 90.5 Å². The second-order valence-corrected chi connectivity index (χ2v) is 29.4. The van der Waals surface area contributed by atoms with Crippen molar-refractivity contribution in [1.82, 2.24) is 31.9 Å². The van der Waals surface area contributed by atoms with Crippen LogP contribution in [0.4, 0.5) is 9.59 Å². The van der Waals surface area contributed by atoms with Crippen LogP contribution in [0, 0.1) is 0 Å². The number of rotatable bonds is 41. The zero-order valence-corrected chi connectivity index (χ0v) is 72.8. The first kappa shape index (κ1) is 106. The molecule has 0 spiro atoms. The number of nitrogens with one attached hydrogen (secondary N) is 6. The molecule has 0 fully saturated rings. The Kier molecular flexibility index (Phi) is 46.1. The van der Waals surface area contributed by atoms with E-state index in [1.165, 1.54) is 84.9 Å². The summed E-state index contributed by atoms with van der Waals surface area (Å²) in [6, 6.07) is 27.0. The highest BCUT2D eigenvalue weighted by Gasteiger charge is 2.30. The number of ketones is 2. The molecule has 0 radical (unpaired) electrons. The minimum absolute atomic E-state index is 0. The van der Waals surface area contributed by atoms with Crippen molar-refractivity contribution in [3.8, 4) is 46.0 Å². The number of phenols is 5. The van der Waals surface area contributed by atoms with Gasteiger partial charge in [-0.25, -0.2) is 24.0 Å². The number of carboxylic acid groups (broad SMARTS) is 1. The Balaban J connectivity index is 0.000000502. The third-order valence-corrected chi connectivity index (χ3v) is 17.0. The molecular formula is C83H99Cl6N7O27. The Hall–Kier alpha value is -11.3. The smallest absolute Gasteiger partial charge is 0.407 e. The largest absolute Gasteiger partial charge is 0.508 e. The quantitative estimate of drug-likeness (QED) is 0.00732. The number of alkyl carbamates (subject to hydrolysis) is 2. The summed E-state index contributed by atoms with van der Waals surface area (Å²) in [4.78, 5) is 137. The molecule has 14 N–H and O–H groups in total. The summed E-state index contributed by atoms with van der Waals surface area (Å²) < 4.78 is 52.0. The maximum absolute atomic E-state index is 13.2. The molecule has 7 rings (SSSR count). The molecule has 0 aliphatic rings. The van der Waals surface area contributed by atoms with Gasteiger partial charge in [-0.2, -0.15) is 0 Å². The minimum atomic E-state index is -1.38. The molecule has 0 saturated heterocycles. The number of aromatic hydroxyl groups is 5. The molecule has 0 aromatic heterocycles. The third-order valence-electron chi connectivity index (χ3n) is 15.8. The summed E-state index contributed by atoms with van der Waals surface area (Å²) in [5.74, 6) is -6.52. The van der Waals surface area contributed by atoms with E-state index in [1.807, 2.05) is 0 Å². The Morgan fingerprint density at radius 1 is 0.398 bits per heavy atom. The van der Waals surface area contributed by atoms with E-state index in [0.29, 0.717) is 32.5 Å². The summed E-state index contributed by atoms with van der Waals surface area (Å²) in [5.41, 5.74) is 5.62. The fraction of sp³-hybridized carbons (Fsp3) is 0.361. The summed E-state index contributed by atoms with van der Waals surface area (Å²) in [6.45, 7) is 12.5. The number of carbonyl (C=O) groups is 11. The first-order valence-electron chi connectivity index (χ1n) is 37.2. The van der Waals surface area contributed by atoms with Gasteiger partial charge < -0.3 is 116 Å². The summed E-state index contributed by atoms with van der Waals surface area (Å²) in [6.07, 6.45) is -0.181. The number of hydrogen-bond donors (Lipinski definition) is 13. The van der Waals surface area contributed by atoms with Crippen LogP contribution in [0.2, 0.25) is 20.1 Å². The monoisotopic (exact) mass is 1840 g/mol. The van der Waals surface area contributed by atoms with Crippen molar-refractivity contribution in [1.29, 1.82) is 0 Å². The van der Waals surface area contributed by atoms with Crippen LogP contribution in [-0.4, -0.2) is 226 Å². The lowest BCUT2D eigenvalue weighted by molar-refractivity contribution is -0.143. The van der Waals surface area contributed by atoms with E-state index >= 15 is 0 Å². The van der Waals surface area contributed by atoms with Crippen LogP contribution in [0.3, 0.4) is 0 Å². The van der Waals surface area contributed by atoms with Crippen LogP contribution in [0.1, 0.15) is 138 Å². The Morgan fingerprint density at radius 3 is 1.05 bits per heavy atom. The number of esters is 2. The average molecular weight is 1840 g/mol. The van der Waals surface area contributed by atoms with E-state index in [2.05, 4.69) is 31.9 Å². The number of aryl methyl sites for hydroxylation is 2. The molecular weight excluding hydrogens is 1740 g/mol. The van der Waals surface area contributed by atoms with E-state index in [-0.39, 0.29) is 214 Å². The van der Waals surface area contributed by atoms with Gasteiger partial charge in [-0.15, -0.1) is 24.8 Å². The molecule has 7 aromatic rings. The number of ether oxygens (including phenoxy) is 10. The number of amides is 6. The van der Waals surface area contributed by atoms with Gasteiger partial charge in [-0.3, -0.25) is 28.8 Å². The molecule has 670 valence electrons. The lowest BCUT2D eigenvalue weighted by atomic mass is 10.0. The van der Waals surface area contributed by atoms with Gasteiger partial charge in [0.25, 0.3) is 23.6 Å². The van der Waals surface area contributed by atoms with E-state index in [9.17, 15) is 78.3 Å². The Morgan fingerprint density at radius 2 is 0.732 bits per heavy atom. The topological polar surface area (TPSA) is 500 Å². The van der Waals surface area contributed by atoms with Crippen LogP contribution in [0.5, 0.6) is 46.0 Å². The number of Topliss-reactive ketones (excluding diaryl/α,β-unsaturated/α-hetero) is 2. The van der Waals surface area contributed by atoms with Crippen LogP contribution < -0.4 is 51.8 Å². The summed E-state index contributed by atoms with van der Waals surface area (Å²) in [5, 5.41) is 72.2. The van der Waals surface area contributed by atoms with Crippen LogP contribution in [-0.2, 0) is 55.6 Å². The number of carboxylic acids is 1. The average Bonchev–Trinajstić information content (AvgIpc) is 0.797. The molecule has 0 unspecified atom stereocenters. The van der Waals surface area contributed by atoms with Crippen LogP contribution in [0.25, 0.3) is 0 Å². The maximum atomic E-state index is 13.2. The standard InChI is InChI=1S/C36H41Cl2N3O11.C31H33Cl2N3O9.C16H23NO7.2ClH/c1-36(2,3)52-35(48)39-10-11-50-12-13-51-26-16-23(15-25(43)19-26)32(45)40-20-29(34(47)49-4)41-33(46)31-27(37)17-22(18-28(31)38)30(44)9-8-21-6-5-7-24(42)14-21;1-43-31(42)26(17-35-29(40)20-12-22(38)16-23(13-20)45-10-9-44-8-7-34)36-30(41)28-24(32)14-19(15-25(28)33)27(39)6-5-18-3-2-4-21(37)11-18;1-16(2,3)24-15(21)17-4-5-22-6-7-23-13-9-11(14(19)20)8-12(18)10-13;;/h5-7,14-19,29,42-43H,8-13,20H2,1-4H3,(H,39,48)(H,40,45)(H,41,46);2-4,11-16,26,37-38H,5-10,17,34H2,1H3,(H,35,40)(H,36,41);8-10,18H,4-7H2,1-3H3,(H,17,21)(H,19,20);2*1H/t29-;26-;;;/m00.../s1. The molecule has 34 nitrogen and oxygen atoms in total. The molecule has 40 heteroatoms. The minimum Gasteiger partial charge on any atom is -0.508 e. The van der Waals surface area contributed by atoms with E-state index < -0.39 is 90.1 Å². The first-order valence-corrected chi connectivity index (χ1v) is 38.7. The van der Waals surface area contributed by atoms with Crippen molar-refractivity contribution >= 4 is 137 Å². The molecule has 6 amide bonds. The highest BCUT2D eigenvalue weighted by Crippen LogP contribution is 2.31. The molecule has 2 atom stereocenters. The van der Waals surface area contributed by atoms with Gasteiger partial charge >= 0.3 is 30.1 Å². The summed E-state index contributed by atoms with van der Waals surface area (Å²) in [7, 11) is 2.21. The molecule has 123 heavy (non-hydrogen) atoms. The molecule has 0 aliphatic carbocycles. The fourth-order valence-corrected chi connectivity index (χ4v) is 11.7. The number of phenolic OH excluding ortho intramolecular Hbond substituents is 5. The van der Waals surface area contributed by atoms with Crippen LogP contribution in [0.15, 0.2) is 127 Å². The number of aromatic carboxylic acids is 1. The Bertz CT molecular complexity index is 4700. The van der Waals surface area contributed by atoms with Gasteiger partial charge in [-0.05, 0) is 150 Å². The third kappa shape index (κ3) is 39.6. The molecule has 7 aromatic carbocycles. The number of carbonyl (C=O) groups excluding carboxylic acids is 10. The zero-order valence-electron chi connectivity index (χ0n) is 68.2. The van der Waals surface area contributed by atoms with Crippen molar-refractivity contribution in [2.24, 2.45) is 5.73 Å². The first-order chi connectivity index (χ1) is 57.2. The van der Waals surface area contributed by atoms with Crippen molar-refractivity contribution < 1.29 is 131 Å².